The number of benzene rings is 2. The second kappa shape index (κ2) is 14.3. The van der Waals surface area contributed by atoms with E-state index < -0.39 is 45.6 Å². The molecule has 0 amide bonds. The average Bonchev–Trinajstić information content (AvgIpc) is 3.39. The van der Waals surface area contributed by atoms with E-state index in [-0.39, 0.29) is 20.9 Å². The normalized spacial score (nSPS) is 11.2. The molecule has 2 heterocycles. The topological polar surface area (TPSA) is 165 Å². The van der Waals surface area contributed by atoms with Crippen molar-refractivity contribution >= 4 is 26.8 Å². The second-order valence-electron chi connectivity index (χ2n) is 8.95. The number of ether oxygens (including phenoxy) is 3. The average molecular weight is 612 g/mol. The Morgan fingerprint density at radius 3 is 2.53 bits per heavy atom. The monoisotopic (exact) mass is 611 g/mol. The molecule has 4 aromatic rings. The highest BCUT2D eigenvalue weighted by molar-refractivity contribution is 7.91. The summed E-state index contributed by atoms with van der Waals surface area (Å²) in [5, 5.41) is 14.9. The van der Waals surface area contributed by atoms with Crippen molar-refractivity contribution < 1.29 is 41.4 Å². The summed E-state index contributed by atoms with van der Waals surface area (Å²) >= 11 is 0. The van der Waals surface area contributed by atoms with E-state index >= 15 is 0 Å². The number of rotatable bonds is 13. The fourth-order valence-corrected chi connectivity index (χ4v) is 5.26. The molecule has 43 heavy (non-hydrogen) atoms. The molecule has 0 saturated heterocycles. The molecular weight excluding hydrogens is 582 g/mol. The van der Waals surface area contributed by atoms with Crippen molar-refractivity contribution in [2.75, 3.05) is 39.5 Å². The number of sulfone groups is 1. The third kappa shape index (κ3) is 7.70. The minimum absolute atomic E-state index is 0.154. The molecule has 0 aliphatic heterocycles. The number of fused-ring (bicyclic) bond motifs is 1. The number of hydrogen-bond donors (Lipinski definition) is 0. The molecular formula is C29H29N3O10S. The summed E-state index contributed by atoms with van der Waals surface area (Å²) in [6.45, 7) is 6.78. The summed E-state index contributed by atoms with van der Waals surface area (Å²) < 4.78 is 51.2. The Morgan fingerprint density at radius 2 is 1.79 bits per heavy atom. The van der Waals surface area contributed by atoms with Crippen LogP contribution in [0.15, 0.2) is 78.4 Å². The maximum atomic E-state index is 12.8. The van der Waals surface area contributed by atoms with Gasteiger partial charge in [-0.2, -0.15) is 0 Å². The number of hydrogen-bond acceptors (Lipinski definition) is 12. The van der Waals surface area contributed by atoms with E-state index in [0.717, 1.165) is 26.1 Å². The van der Waals surface area contributed by atoms with Crippen LogP contribution in [-0.4, -0.2) is 63.9 Å². The summed E-state index contributed by atoms with van der Waals surface area (Å²) in [5.74, 6) is 4.02. The van der Waals surface area contributed by atoms with Gasteiger partial charge < -0.3 is 28.7 Å². The summed E-state index contributed by atoms with van der Waals surface area (Å²) in [5.41, 5.74) is -0.922. The molecule has 4 rings (SSSR count). The third-order valence-corrected chi connectivity index (χ3v) is 7.97. The summed E-state index contributed by atoms with van der Waals surface area (Å²) in [4.78, 5) is 26.8. The first-order chi connectivity index (χ1) is 20.7. The highest BCUT2D eigenvalue weighted by Crippen LogP contribution is 2.25. The Kier molecular flexibility index (Phi) is 10.4. The molecule has 13 nitrogen and oxygen atoms in total. The molecule has 0 unspecified atom stereocenters. The van der Waals surface area contributed by atoms with Gasteiger partial charge in [-0.05, 0) is 54.7 Å². The van der Waals surface area contributed by atoms with Crippen LogP contribution in [0.2, 0.25) is 0 Å². The van der Waals surface area contributed by atoms with Crippen molar-refractivity contribution in [3.8, 4) is 23.5 Å². The van der Waals surface area contributed by atoms with Crippen molar-refractivity contribution in [1.29, 1.82) is 0 Å². The predicted octanol–water partition coefficient (Wildman–Crippen LogP) is 2.60. The fraction of sp³-hybridized carbons (Fsp3) is 0.310. The van der Waals surface area contributed by atoms with Crippen LogP contribution < -0.4 is 20.0 Å². The molecule has 0 radical (unpaired) electrons. The Bertz CT molecular complexity index is 1790. The van der Waals surface area contributed by atoms with Crippen molar-refractivity contribution in [1.82, 2.24) is 10.1 Å². The number of carbonyl (C=O) groups is 1. The van der Waals surface area contributed by atoms with Gasteiger partial charge in [0, 0.05) is 18.0 Å². The summed E-state index contributed by atoms with van der Waals surface area (Å²) in [7, 11) is -4.27. The Morgan fingerprint density at radius 1 is 1.05 bits per heavy atom. The Hall–Kier alpha value is -4.87. The van der Waals surface area contributed by atoms with E-state index in [1.807, 2.05) is 0 Å². The lowest BCUT2D eigenvalue weighted by atomic mass is 10.2. The van der Waals surface area contributed by atoms with Crippen molar-refractivity contribution in [2.45, 2.75) is 30.2 Å². The molecule has 2 aromatic heterocycles. The zero-order chi connectivity index (χ0) is 30.8. The van der Waals surface area contributed by atoms with Crippen molar-refractivity contribution in [2.24, 2.45) is 0 Å². The largest absolute Gasteiger partial charge is 0.493 e. The van der Waals surface area contributed by atoms with Gasteiger partial charge in [-0.3, -0.25) is 4.63 Å². The van der Waals surface area contributed by atoms with Gasteiger partial charge in [0.15, 0.2) is 13.2 Å². The lowest BCUT2D eigenvalue weighted by Crippen LogP contribution is -2.30. The standard InChI is InChI=1S/C29H29N3O10S/c1-3-31(4-2)15-10-18-38-22-14-13-21-19-24(29(34)41-25(21)20-22)28(33)40-17-9-8-16-39-26-27(32(35)42-30-26)43(36,37)23-11-6-5-7-12-23/h5-7,11-14,19-20H,3-4,10,15-18H2,1-2H3. The zero-order valence-electron chi connectivity index (χ0n) is 23.5. The number of esters is 1. The number of nitrogens with zero attached hydrogens (tertiary/aromatic N) is 3. The molecule has 2 aromatic carbocycles. The maximum Gasteiger partial charge on any atom is 0.415 e. The first kappa shape index (κ1) is 31.1. The van der Waals surface area contributed by atoms with Crippen LogP contribution in [0.5, 0.6) is 11.6 Å². The van der Waals surface area contributed by atoms with Gasteiger partial charge in [0.1, 0.15) is 16.9 Å². The van der Waals surface area contributed by atoms with Crippen LogP contribution in [0, 0.1) is 17.0 Å². The smallest absolute Gasteiger partial charge is 0.415 e. The Labute approximate surface area is 247 Å². The number of aromatic nitrogens is 2. The lowest BCUT2D eigenvalue weighted by molar-refractivity contribution is -0.832. The number of carbonyl (C=O) groups excluding carboxylic acids is 1. The highest BCUT2D eigenvalue weighted by atomic mass is 32.2. The molecule has 0 spiro atoms. The fourth-order valence-electron chi connectivity index (χ4n) is 3.97. The molecule has 14 heteroatoms. The molecule has 0 N–H and O–H groups in total. The third-order valence-electron chi connectivity index (χ3n) is 6.25. The molecule has 0 aliphatic carbocycles. The van der Waals surface area contributed by atoms with E-state index in [4.69, 9.17) is 18.6 Å². The molecule has 0 aliphatic rings. The quantitative estimate of drug-likeness (QED) is 0.0714. The van der Waals surface area contributed by atoms with Crippen LogP contribution >= 0.6 is 0 Å². The van der Waals surface area contributed by atoms with Crippen LogP contribution in [0.3, 0.4) is 0 Å². The summed E-state index contributed by atoms with van der Waals surface area (Å²) in [6, 6.07) is 13.6. The first-order valence-corrected chi connectivity index (χ1v) is 14.8. The van der Waals surface area contributed by atoms with E-state index in [1.165, 1.54) is 30.3 Å². The molecule has 0 atom stereocenters. The van der Waals surface area contributed by atoms with Crippen LogP contribution in [-0.2, 0) is 14.6 Å². The van der Waals surface area contributed by atoms with Gasteiger partial charge in [-0.1, -0.05) is 43.9 Å². The minimum Gasteiger partial charge on any atom is -0.493 e. The molecule has 226 valence electrons. The zero-order valence-corrected chi connectivity index (χ0v) is 24.3. The molecule has 0 saturated carbocycles. The first-order valence-electron chi connectivity index (χ1n) is 13.3. The van der Waals surface area contributed by atoms with Crippen LogP contribution in [0.4, 0.5) is 0 Å². The maximum absolute atomic E-state index is 12.8. The second-order valence-corrected chi connectivity index (χ2v) is 10.8. The highest BCUT2D eigenvalue weighted by Gasteiger charge is 2.35. The SMILES string of the molecule is CCN(CC)CCCOc1ccc2cc(C(=O)OCC#CCOc3no[n+]([O-])c3S(=O)(=O)c3ccccc3)c(=O)oc2c1. The molecule has 0 fully saturated rings. The van der Waals surface area contributed by atoms with Gasteiger partial charge >= 0.3 is 22.5 Å². The van der Waals surface area contributed by atoms with Gasteiger partial charge in [0.25, 0.3) is 9.84 Å². The van der Waals surface area contributed by atoms with E-state index in [0.29, 0.717) is 17.7 Å². The van der Waals surface area contributed by atoms with Crippen molar-refractivity contribution in [3.63, 3.8) is 0 Å². The lowest BCUT2D eigenvalue weighted by Gasteiger charge is -2.17. The van der Waals surface area contributed by atoms with Crippen molar-refractivity contribution in [3.05, 3.63) is 75.8 Å². The van der Waals surface area contributed by atoms with E-state index in [1.54, 1.807) is 24.3 Å². The summed E-state index contributed by atoms with van der Waals surface area (Å²) in [6.07, 6.45) is 0.848. The van der Waals surface area contributed by atoms with Crippen LogP contribution in [0.1, 0.15) is 30.6 Å². The van der Waals surface area contributed by atoms with E-state index in [9.17, 15) is 23.2 Å². The Balaban J connectivity index is 1.31. The molecule has 0 bridgehead atoms. The van der Waals surface area contributed by atoms with Gasteiger partial charge in [-0.15, -0.1) is 0 Å². The van der Waals surface area contributed by atoms with Gasteiger partial charge in [0.05, 0.1) is 16.7 Å². The van der Waals surface area contributed by atoms with E-state index in [2.05, 4.69) is 40.4 Å². The van der Waals surface area contributed by atoms with Gasteiger partial charge in [-0.25, -0.2) is 18.0 Å². The minimum atomic E-state index is -4.27. The van der Waals surface area contributed by atoms with Crippen LogP contribution in [0.25, 0.3) is 11.0 Å². The van der Waals surface area contributed by atoms with Gasteiger partial charge in [0.2, 0.25) is 0 Å². The predicted molar refractivity (Wildman–Crippen MR) is 151 cm³/mol.